The number of nitrogens with zero attached hydrogens (tertiary/aromatic N) is 1. The zero-order chi connectivity index (χ0) is 18.2. The van der Waals surface area contributed by atoms with Crippen LogP contribution in [0.5, 0.6) is 5.75 Å². The van der Waals surface area contributed by atoms with Crippen LogP contribution in [0.25, 0.3) is 0 Å². The Morgan fingerprint density at radius 2 is 2.16 bits per heavy atom. The highest BCUT2D eigenvalue weighted by Crippen LogP contribution is 2.52. The van der Waals surface area contributed by atoms with Crippen LogP contribution in [0.3, 0.4) is 0 Å². The van der Waals surface area contributed by atoms with Crippen LogP contribution < -0.4 is 10.2 Å². The molecule has 3 rings (SSSR count). The Kier molecular flexibility index (Phi) is 5.06. The molecule has 2 atom stereocenters. The zero-order valence-electron chi connectivity index (χ0n) is 14.4. The highest BCUT2D eigenvalue weighted by atomic mass is 79.9. The number of rotatable bonds is 3. The van der Waals surface area contributed by atoms with E-state index in [0.717, 1.165) is 12.8 Å². The first kappa shape index (κ1) is 18.2. The number of hydrogen-bond donors (Lipinski definition) is 0. The lowest BCUT2D eigenvalue weighted by Gasteiger charge is -2.49. The van der Waals surface area contributed by atoms with Crippen molar-refractivity contribution in [2.24, 2.45) is 11.3 Å². The van der Waals surface area contributed by atoms with Crippen molar-refractivity contribution in [2.75, 3.05) is 20.3 Å². The number of carbonyl (C=O) groups is 1. The van der Waals surface area contributed by atoms with Gasteiger partial charge in [0.25, 0.3) is 0 Å². The number of hydrogen-bond acceptors (Lipinski definition) is 5. The van der Waals surface area contributed by atoms with Crippen molar-refractivity contribution in [3.8, 4) is 5.75 Å². The van der Waals surface area contributed by atoms with E-state index in [1.165, 1.54) is 14.0 Å². The van der Waals surface area contributed by atoms with Gasteiger partial charge in [-0.1, -0.05) is 6.08 Å². The van der Waals surface area contributed by atoms with Crippen LogP contribution in [0.4, 0.5) is 0 Å². The maximum Gasteiger partial charge on any atom is 0.303 e. The van der Waals surface area contributed by atoms with Gasteiger partial charge in [-0.25, -0.2) is 0 Å². The van der Waals surface area contributed by atoms with Gasteiger partial charge < -0.3 is 18.8 Å². The van der Waals surface area contributed by atoms with Gasteiger partial charge in [-0.15, -0.1) is 6.58 Å². The van der Waals surface area contributed by atoms with Gasteiger partial charge in [-0.05, 0) is 28.8 Å². The summed E-state index contributed by atoms with van der Waals surface area (Å²) in [5.74, 6) is -0.311. The third kappa shape index (κ3) is 3.04. The SMILES string of the molecule is C=CC1C(OC(C)=O)c2c(OC)c(=O)c(Br)cn2CC12CCOCC2. The summed E-state index contributed by atoms with van der Waals surface area (Å²) in [6, 6.07) is 0. The van der Waals surface area contributed by atoms with E-state index in [0.29, 0.717) is 29.9 Å². The maximum atomic E-state index is 12.5. The lowest BCUT2D eigenvalue weighted by Crippen LogP contribution is -2.48. The number of halogens is 1. The molecule has 0 bridgehead atoms. The summed E-state index contributed by atoms with van der Waals surface area (Å²) in [7, 11) is 1.45. The lowest BCUT2D eigenvalue weighted by atomic mass is 9.65. The molecule has 2 aliphatic rings. The first-order chi connectivity index (χ1) is 11.9. The minimum atomic E-state index is -0.613. The Labute approximate surface area is 154 Å². The van der Waals surface area contributed by atoms with Gasteiger partial charge >= 0.3 is 5.97 Å². The van der Waals surface area contributed by atoms with Crippen LogP contribution in [0.1, 0.15) is 31.6 Å². The van der Waals surface area contributed by atoms with Crippen LogP contribution in [-0.4, -0.2) is 30.9 Å². The second kappa shape index (κ2) is 6.96. The first-order valence-corrected chi connectivity index (χ1v) is 9.07. The minimum Gasteiger partial charge on any atom is -0.491 e. The van der Waals surface area contributed by atoms with E-state index in [1.807, 2.05) is 10.6 Å². The minimum absolute atomic E-state index is 0.116. The van der Waals surface area contributed by atoms with E-state index in [4.69, 9.17) is 14.2 Å². The second-order valence-electron chi connectivity index (χ2n) is 6.62. The molecule has 6 nitrogen and oxygen atoms in total. The molecule has 0 saturated carbocycles. The molecular weight excluding hydrogens is 390 g/mol. The summed E-state index contributed by atoms with van der Waals surface area (Å²) in [6.45, 7) is 7.37. The number of ether oxygens (including phenoxy) is 3. The van der Waals surface area contributed by atoms with Crippen molar-refractivity contribution in [3.63, 3.8) is 0 Å². The lowest BCUT2D eigenvalue weighted by molar-refractivity contribution is -0.157. The van der Waals surface area contributed by atoms with E-state index >= 15 is 0 Å². The summed E-state index contributed by atoms with van der Waals surface area (Å²) in [4.78, 5) is 24.3. The molecule has 1 aromatic heterocycles. The van der Waals surface area contributed by atoms with Crippen molar-refractivity contribution in [3.05, 3.63) is 39.2 Å². The molecule has 3 heterocycles. The summed E-state index contributed by atoms with van der Waals surface area (Å²) < 4.78 is 19.0. The van der Waals surface area contributed by atoms with Crippen molar-refractivity contribution >= 4 is 21.9 Å². The number of fused-ring (bicyclic) bond motifs is 1. The standard InChI is InChI=1S/C18H22BrNO5/c1-4-12-16(25-11(2)21)14-17(23-3)15(22)13(19)9-20(14)10-18(12)5-7-24-8-6-18/h4,9,12,16H,1,5-8,10H2,2-3H3. The molecule has 1 saturated heterocycles. The third-order valence-corrected chi connectivity index (χ3v) is 5.83. The topological polar surface area (TPSA) is 66.8 Å². The number of pyridine rings is 1. The summed E-state index contributed by atoms with van der Waals surface area (Å²) in [6.07, 6.45) is 4.67. The molecule has 0 N–H and O–H groups in total. The summed E-state index contributed by atoms with van der Waals surface area (Å²) in [5, 5.41) is 0. The fraction of sp³-hybridized carbons (Fsp3) is 0.556. The molecule has 0 radical (unpaired) electrons. The van der Waals surface area contributed by atoms with Crippen molar-refractivity contribution in [1.29, 1.82) is 0 Å². The number of esters is 1. The van der Waals surface area contributed by atoms with E-state index in [-0.39, 0.29) is 22.5 Å². The molecule has 25 heavy (non-hydrogen) atoms. The number of aromatic nitrogens is 1. The number of carbonyl (C=O) groups excluding carboxylic acids is 1. The van der Waals surface area contributed by atoms with Gasteiger partial charge in [-0.2, -0.15) is 0 Å². The van der Waals surface area contributed by atoms with Gasteiger partial charge in [0.05, 0.1) is 11.6 Å². The number of methoxy groups -OCH3 is 1. The second-order valence-corrected chi connectivity index (χ2v) is 7.47. The van der Waals surface area contributed by atoms with Gasteiger partial charge in [0.15, 0.2) is 11.9 Å². The van der Waals surface area contributed by atoms with Crippen molar-refractivity contribution in [1.82, 2.24) is 4.57 Å². The van der Waals surface area contributed by atoms with Crippen molar-refractivity contribution < 1.29 is 19.0 Å². The average Bonchev–Trinajstić information content (AvgIpc) is 2.57. The average molecular weight is 412 g/mol. The molecule has 0 amide bonds. The molecule has 2 unspecified atom stereocenters. The van der Waals surface area contributed by atoms with Gasteiger partial charge in [0, 0.05) is 44.2 Å². The highest BCUT2D eigenvalue weighted by molar-refractivity contribution is 9.10. The molecule has 1 spiro atoms. The molecule has 1 aromatic rings. The van der Waals surface area contributed by atoms with Gasteiger partial charge in [0.1, 0.15) is 5.69 Å². The molecule has 136 valence electrons. The molecule has 7 heteroatoms. The smallest absolute Gasteiger partial charge is 0.303 e. The first-order valence-electron chi connectivity index (χ1n) is 8.28. The van der Waals surface area contributed by atoms with E-state index in [2.05, 4.69) is 22.5 Å². The van der Waals surface area contributed by atoms with Gasteiger partial charge in [0.2, 0.25) is 5.43 Å². The Hall–Kier alpha value is -1.60. The largest absolute Gasteiger partial charge is 0.491 e. The molecule has 0 aromatic carbocycles. The van der Waals surface area contributed by atoms with Crippen LogP contribution in [0.15, 0.2) is 28.1 Å². The molecule has 2 aliphatic heterocycles. The summed E-state index contributed by atoms with van der Waals surface area (Å²) >= 11 is 3.32. The van der Waals surface area contributed by atoms with E-state index in [9.17, 15) is 9.59 Å². The Morgan fingerprint density at radius 1 is 1.48 bits per heavy atom. The quantitative estimate of drug-likeness (QED) is 0.564. The van der Waals surface area contributed by atoms with Crippen LogP contribution in [0.2, 0.25) is 0 Å². The Bertz CT molecular complexity index is 751. The van der Waals surface area contributed by atoms with E-state index in [1.54, 1.807) is 6.20 Å². The van der Waals surface area contributed by atoms with Gasteiger partial charge in [-0.3, -0.25) is 9.59 Å². The highest BCUT2D eigenvalue weighted by Gasteiger charge is 2.50. The molecular formula is C18H22BrNO5. The molecule has 0 aliphatic carbocycles. The zero-order valence-corrected chi connectivity index (χ0v) is 16.0. The Balaban J connectivity index is 2.23. The summed E-state index contributed by atoms with van der Waals surface area (Å²) in [5.41, 5.74) is 0.205. The fourth-order valence-corrected chi connectivity index (χ4v) is 4.55. The predicted octanol–water partition coefficient (Wildman–Crippen LogP) is 2.84. The predicted molar refractivity (Wildman–Crippen MR) is 95.6 cm³/mol. The van der Waals surface area contributed by atoms with Crippen LogP contribution in [-0.2, 0) is 20.8 Å². The van der Waals surface area contributed by atoms with Crippen LogP contribution >= 0.6 is 15.9 Å². The fourth-order valence-electron chi connectivity index (χ4n) is 4.13. The monoisotopic (exact) mass is 411 g/mol. The van der Waals surface area contributed by atoms with Crippen molar-refractivity contribution in [2.45, 2.75) is 32.4 Å². The maximum absolute atomic E-state index is 12.5. The Morgan fingerprint density at radius 3 is 2.72 bits per heavy atom. The van der Waals surface area contributed by atoms with Crippen LogP contribution in [0, 0.1) is 11.3 Å². The van der Waals surface area contributed by atoms with E-state index < -0.39 is 12.1 Å². The normalized spacial score (nSPS) is 24.4. The third-order valence-electron chi connectivity index (χ3n) is 5.26. The molecule has 1 fully saturated rings.